The first kappa shape index (κ1) is 13.6. The van der Waals surface area contributed by atoms with Crippen LogP contribution in [0.3, 0.4) is 0 Å². The van der Waals surface area contributed by atoms with Gasteiger partial charge < -0.3 is 5.11 Å². The molecule has 0 amide bonds. The van der Waals surface area contributed by atoms with Gasteiger partial charge in [-0.1, -0.05) is 45.0 Å². The molecule has 0 radical (unpaired) electrons. The lowest BCUT2D eigenvalue weighted by Gasteiger charge is -2.20. The second-order valence-electron chi connectivity index (χ2n) is 5.21. The predicted octanol–water partition coefficient (Wildman–Crippen LogP) is 3.43. The number of benzene rings is 1. The molecule has 0 spiro atoms. The van der Waals surface area contributed by atoms with E-state index in [-0.39, 0.29) is 10.9 Å². The fourth-order valence-corrected chi connectivity index (χ4v) is 2.31. The molecule has 0 aliphatic heterocycles. The number of hydrogen-bond acceptors (Lipinski definition) is 2. The first-order valence-corrected chi connectivity index (χ1v) is 6.73. The van der Waals surface area contributed by atoms with Gasteiger partial charge in [-0.2, -0.15) is 11.8 Å². The maximum absolute atomic E-state index is 9.97. The van der Waals surface area contributed by atoms with Gasteiger partial charge in [-0.15, -0.1) is 0 Å². The fourth-order valence-electron chi connectivity index (χ4n) is 1.50. The lowest BCUT2D eigenvalue weighted by molar-refractivity contribution is 0.199. The van der Waals surface area contributed by atoms with Crippen LogP contribution in [0.15, 0.2) is 24.3 Å². The molecule has 1 atom stereocenters. The van der Waals surface area contributed by atoms with Gasteiger partial charge in [-0.3, -0.25) is 0 Å². The van der Waals surface area contributed by atoms with Crippen molar-refractivity contribution in [2.75, 3.05) is 5.75 Å². The van der Waals surface area contributed by atoms with Crippen LogP contribution in [0.5, 0.6) is 0 Å². The van der Waals surface area contributed by atoms with Crippen LogP contribution in [-0.4, -0.2) is 21.7 Å². The highest BCUT2D eigenvalue weighted by atomic mass is 32.2. The highest BCUT2D eigenvalue weighted by molar-refractivity contribution is 8.00. The monoisotopic (exact) mass is 238 g/mol. The summed E-state index contributed by atoms with van der Waals surface area (Å²) < 4.78 is 0.229. The first-order chi connectivity index (χ1) is 7.38. The Morgan fingerprint density at radius 2 is 1.88 bits per heavy atom. The maximum atomic E-state index is 9.97. The van der Waals surface area contributed by atoms with Crippen LogP contribution in [0.4, 0.5) is 0 Å². The molecule has 0 saturated heterocycles. The van der Waals surface area contributed by atoms with Gasteiger partial charge in [0.05, 0.1) is 6.10 Å². The van der Waals surface area contributed by atoms with E-state index in [0.29, 0.717) is 0 Å². The van der Waals surface area contributed by atoms with Gasteiger partial charge in [-0.25, -0.2) is 0 Å². The highest BCUT2D eigenvalue weighted by Crippen LogP contribution is 2.24. The summed E-state index contributed by atoms with van der Waals surface area (Å²) in [4.78, 5) is 0. The molecule has 1 unspecified atom stereocenters. The van der Waals surface area contributed by atoms with E-state index in [1.165, 1.54) is 11.1 Å². The third kappa shape index (κ3) is 5.04. The van der Waals surface area contributed by atoms with E-state index in [9.17, 15) is 5.11 Å². The molecule has 0 aliphatic carbocycles. The molecule has 2 heteroatoms. The summed E-state index contributed by atoms with van der Waals surface area (Å²) in [5.74, 6) is 0.803. The van der Waals surface area contributed by atoms with E-state index < -0.39 is 0 Å². The van der Waals surface area contributed by atoms with Gasteiger partial charge in [-0.05, 0) is 24.5 Å². The van der Waals surface area contributed by atoms with E-state index >= 15 is 0 Å². The average Bonchev–Trinajstić information content (AvgIpc) is 2.18. The van der Waals surface area contributed by atoms with Gasteiger partial charge in [0.25, 0.3) is 0 Å². The standard InChI is InChI=1S/C14H22OS/c1-11-7-5-6-8-12(11)9-13(15)10-16-14(2,3)4/h5-8,13,15H,9-10H2,1-4H3. The van der Waals surface area contributed by atoms with Crippen molar-refractivity contribution in [3.8, 4) is 0 Å². The Labute approximate surface area is 103 Å². The van der Waals surface area contributed by atoms with Crippen molar-refractivity contribution in [2.24, 2.45) is 0 Å². The van der Waals surface area contributed by atoms with Crippen molar-refractivity contribution >= 4 is 11.8 Å². The zero-order valence-electron chi connectivity index (χ0n) is 10.7. The van der Waals surface area contributed by atoms with Gasteiger partial charge in [0.15, 0.2) is 0 Å². The Balaban J connectivity index is 2.46. The zero-order valence-corrected chi connectivity index (χ0v) is 11.5. The SMILES string of the molecule is Cc1ccccc1CC(O)CSC(C)(C)C. The number of thioether (sulfide) groups is 1. The summed E-state index contributed by atoms with van der Waals surface area (Å²) in [6, 6.07) is 8.26. The number of aliphatic hydroxyl groups is 1. The number of aryl methyl sites for hydroxylation is 1. The number of rotatable bonds is 4. The van der Waals surface area contributed by atoms with Crippen LogP contribution >= 0.6 is 11.8 Å². The molecule has 1 N–H and O–H groups in total. The Kier molecular flexibility index (Phi) is 4.88. The Morgan fingerprint density at radius 1 is 1.25 bits per heavy atom. The average molecular weight is 238 g/mol. The molecular weight excluding hydrogens is 216 g/mol. The predicted molar refractivity (Wildman–Crippen MR) is 73.1 cm³/mol. The minimum absolute atomic E-state index is 0.229. The molecule has 1 aromatic rings. The molecule has 1 rings (SSSR count). The summed E-state index contributed by atoms with van der Waals surface area (Å²) in [6.45, 7) is 8.63. The normalized spacial score (nSPS) is 13.8. The van der Waals surface area contributed by atoms with Crippen LogP contribution in [0.25, 0.3) is 0 Å². The molecule has 0 aromatic heterocycles. The van der Waals surface area contributed by atoms with Crippen LogP contribution in [0.1, 0.15) is 31.9 Å². The summed E-state index contributed by atoms with van der Waals surface area (Å²) in [6.07, 6.45) is 0.515. The summed E-state index contributed by atoms with van der Waals surface area (Å²) in [7, 11) is 0. The Bertz CT molecular complexity index is 328. The van der Waals surface area contributed by atoms with E-state index in [1.807, 2.05) is 23.9 Å². The lowest BCUT2D eigenvalue weighted by atomic mass is 10.0. The van der Waals surface area contributed by atoms with Crippen molar-refractivity contribution in [3.05, 3.63) is 35.4 Å². The van der Waals surface area contributed by atoms with Crippen LogP contribution in [-0.2, 0) is 6.42 Å². The van der Waals surface area contributed by atoms with Crippen molar-refractivity contribution in [1.29, 1.82) is 0 Å². The third-order valence-electron chi connectivity index (χ3n) is 2.43. The van der Waals surface area contributed by atoms with Crippen molar-refractivity contribution < 1.29 is 5.11 Å². The molecule has 0 saturated carbocycles. The van der Waals surface area contributed by atoms with Crippen LogP contribution in [0.2, 0.25) is 0 Å². The maximum Gasteiger partial charge on any atom is 0.0671 e. The second kappa shape index (κ2) is 5.74. The molecule has 16 heavy (non-hydrogen) atoms. The molecule has 0 heterocycles. The fraction of sp³-hybridized carbons (Fsp3) is 0.571. The van der Waals surface area contributed by atoms with Crippen LogP contribution < -0.4 is 0 Å². The van der Waals surface area contributed by atoms with Gasteiger partial charge in [0, 0.05) is 10.5 Å². The van der Waals surface area contributed by atoms with E-state index in [1.54, 1.807) is 0 Å². The van der Waals surface area contributed by atoms with Gasteiger partial charge >= 0.3 is 0 Å². The number of aliphatic hydroxyl groups excluding tert-OH is 1. The summed E-state index contributed by atoms with van der Waals surface area (Å²) in [5, 5.41) is 9.97. The molecule has 1 nitrogen and oxygen atoms in total. The van der Waals surface area contributed by atoms with Crippen LogP contribution in [0, 0.1) is 6.92 Å². The molecule has 0 bridgehead atoms. The second-order valence-corrected chi connectivity index (χ2v) is 7.05. The third-order valence-corrected chi connectivity index (χ3v) is 3.84. The summed E-state index contributed by atoms with van der Waals surface area (Å²) in [5.41, 5.74) is 2.52. The zero-order chi connectivity index (χ0) is 12.2. The minimum Gasteiger partial charge on any atom is -0.392 e. The van der Waals surface area contributed by atoms with Crippen molar-refractivity contribution in [3.63, 3.8) is 0 Å². The Morgan fingerprint density at radius 3 is 2.44 bits per heavy atom. The molecule has 90 valence electrons. The van der Waals surface area contributed by atoms with Crippen molar-refractivity contribution in [1.82, 2.24) is 0 Å². The molecule has 0 aliphatic rings. The van der Waals surface area contributed by atoms with Gasteiger partial charge in [0.2, 0.25) is 0 Å². The minimum atomic E-state index is -0.245. The topological polar surface area (TPSA) is 20.2 Å². The quantitative estimate of drug-likeness (QED) is 0.867. The van der Waals surface area contributed by atoms with E-state index in [0.717, 1.165) is 12.2 Å². The van der Waals surface area contributed by atoms with E-state index in [2.05, 4.69) is 39.8 Å². The number of hydrogen-bond donors (Lipinski definition) is 1. The lowest BCUT2D eigenvalue weighted by Crippen LogP contribution is -2.19. The first-order valence-electron chi connectivity index (χ1n) is 5.75. The smallest absolute Gasteiger partial charge is 0.0671 e. The van der Waals surface area contributed by atoms with Crippen molar-refractivity contribution in [2.45, 2.75) is 45.0 Å². The molecule has 0 fully saturated rings. The molecular formula is C14H22OS. The largest absolute Gasteiger partial charge is 0.392 e. The Hall–Kier alpha value is -0.470. The molecule has 1 aromatic carbocycles. The van der Waals surface area contributed by atoms with Gasteiger partial charge in [0.1, 0.15) is 0 Å². The van der Waals surface area contributed by atoms with E-state index in [4.69, 9.17) is 0 Å². The highest BCUT2D eigenvalue weighted by Gasteiger charge is 2.14. The summed E-state index contributed by atoms with van der Waals surface area (Å²) >= 11 is 1.82.